The Labute approximate surface area is 172 Å². The van der Waals surface area contributed by atoms with Crippen LogP contribution in [0.25, 0.3) is 0 Å². The predicted octanol–water partition coefficient (Wildman–Crippen LogP) is 3.35. The highest BCUT2D eigenvalue weighted by Crippen LogP contribution is 2.31. The topological polar surface area (TPSA) is 78.7 Å². The molecule has 0 radical (unpaired) electrons. The molecule has 1 aliphatic rings. The second kappa shape index (κ2) is 7.25. The molecule has 3 aromatic rings. The van der Waals surface area contributed by atoms with Crippen molar-refractivity contribution in [3.63, 3.8) is 0 Å². The van der Waals surface area contributed by atoms with Crippen LogP contribution in [0.3, 0.4) is 0 Å². The molecule has 1 aromatic carbocycles. The number of amides is 1. The molecule has 29 heavy (non-hydrogen) atoms. The normalized spacial score (nSPS) is 14.7. The summed E-state index contributed by atoms with van der Waals surface area (Å²) in [6.45, 7) is 3.94. The van der Waals surface area contributed by atoms with Crippen LogP contribution in [0.5, 0.6) is 5.75 Å². The second-order valence-electron chi connectivity index (χ2n) is 6.92. The fourth-order valence-electron chi connectivity index (χ4n) is 3.51. The van der Waals surface area contributed by atoms with Gasteiger partial charge in [0.15, 0.2) is 17.3 Å². The Kier molecular flexibility index (Phi) is 4.76. The minimum atomic E-state index is -0.612. The highest BCUT2D eigenvalue weighted by atomic mass is 35.5. The van der Waals surface area contributed by atoms with Crippen LogP contribution in [0.2, 0.25) is 5.02 Å². The average molecular weight is 411 g/mol. The van der Waals surface area contributed by atoms with E-state index in [2.05, 4.69) is 4.98 Å². The fourth-order valence-corrected chi connectivity index (χ4v) is 3.72. The summed E-state index contributed by atoms with van der Waals surface area (Å²) >= 11 is 6.05. The molecule has 0 aliphatic carbocycles. The molecule has 0 bridgehead atoms. The molecule has 1 amide bonds. The number of carbonyl (C=O) groups is 1. The zero-order valence-electron chi connectivity index (χ0n) is 15.9. The van der Waals surface area contributed by atoms with Gasteiger partial charge in [-0.15, -0.1) is 0 Å². The van der Waals surface area contributed by atoms with Gasteiger partial charge in [-0.05, 0) is 31.0 Å². The maximum absolute atomic E-state index is 13.3. The van der Waals surface area contributed by atoms with Gasteiger partial charge in [-0.3, -0.25) is 9.59 Å². The number of carbonyl (C=O) groups excluding carboxylic acids is 1. The first-order valence-electron chi connectivity index (χ1n) is 9.09. The second-order valence-corrected chi connectivity index (χ2v) is 7.35. The molecule has 0 spiro atoms. The van der Waals surface area contributed by atoms with Crippen LogP contribution in [0.15, 0.2) is 59.7 Å². The Morgan fingerprint density at radius 3 is 2.59 bits per heavy atom. The summed E-state index contributed by atoms with van der Waals surface area (Å²) in [6.07, 6.45) is 2.99. The van der Waals surface area contributed by atoms with E-state index in [9.17, 15) is 14.7 Å². The highest BCUT2D eigenvalue weighted by Gasteiger charge is 2.36. The molecular weight excluding hydrogens is 392 g/mol. The number of anilines is 1. The Hall–Kier alpha value is -3.32. The van der Waals surface area contributed by atoms with Gasteiger partial charge in [0, 0.05) is 18.5 Å². The lowest BCUT2D eigenvalue weighted by Gasteiger charge is -2.41. The van der Waals surface area contributed by atoms with Crippen molar-refractivity contribution in [2.75, 3.05) is 11.7 Å². The van der Waals surface area contributed by atoms with Crippen LogP contribution in [0, 0.1) is 6.92 Å². The number of fused-ring (bicyclic) bond motifs is 1. The van der Waals surface area contributed by atoms with E-state index in [1.54, 1.807) is 16.0 Å². The quantitative estimate of drug-likeness (QED) is 0.716. The first-order valence-corrected chi connectivity index (χ1v) is 9.47. The van der Waals surface area contributed by atoms with Gasteiger partial charge >= 0.3 is 0 Å². The van der Waals surface area contributed by atoms with Gasteiger partial charge < -0.3 is 10.0 Å². The largest absolute Gasteiger partial charge is 0.502 e. The van der Waals surface area contributed by atoms with E-state index in [4.69, 9.17) is 11.6 Å². The van der Waals surface area contributed by atoms with E-state index in [0.29, 0.717) is 10.8 Å². The lowest BCUT2D eigenvalue weighted by atomic mass is 10.1. The number of halogens is 1. The maximum Gasteiger partial charge on any atom is 0.278 e. The summed E-state index contributed by atoms with van der Waals surface area (Å²) in [5.41, 5.74) is 1.03. The monoisotopic (exact) mass is 410 g/mol. The van der Waals surface area contributed by atoms with Gasteiger partial charge in [0.2, 0.25) is 5.43 Å². The molecule has 8 heteroatoms. The minimum absolute atomic E-state index is 0.0947. The van der Waals surface area contributed by atoms with Crippen molar-refractivity contribution in [3.05, 3.63) is 86.9 Å². The third-order valence-corrected chi connectivity index (χ3v) is 5.28. The Balaban J connectivity index is 1.88. The van der Waals surface area contributed by atoms with Gasteiger partial charge in [-0.25, -0.2) is 14.7 Å². The van der Waals surface area contributed by atoms with Gasteiger partial charge in [-0.2, -0.15) is 0 Å². The molecule has 1 N–H and O–H groups in total. The van der Waals surface area contributed by atoms with E-state index < -0.39 is 17.1 Å². The summed E-state index contributed by atoms with van der Waals surface area (Å²) < 4.78 is 1.47. The fraction of sp³-hybridized carbons (Fsp3) is 0.190. The SMILES string of the molecule is Cc1cc(Cl)cnc1N1CN([C@@H](C)c2ccccc2)C(=O)c2c(O)c(=O)ccn21. The summed E-state index contributed by atoms with van der Waals surface area (Å²) in [4.78, 5) is 31.3. The number of aryl methyl sites for hydroxylation is 1. The molecule has 0 saturated heterocycles. The third-order valence-electron chi connectivity index (χ3n) is 5.07. The van der Waals surface area contributed by atoms with Gasteiger partial charge in [0.1, 0.15) is 6.67 Å². The van der Waals surface area contributed by atoms with E-state index >= 15 is 0 Å². The van der Waals surface area contributed by atoms with Gasteiger partial charge in [0.05, 0.1) is 11.1 Å². The van der Waals surface area contributed by atoms with Crippen molar-refractivity contribution in [1.82, 2.24) is 14.6 Å². The van der Waals surface area contributed by atoms with Crippen LogP contribution in [0.1, 0.15) is 34.6 Å². The van der Waals surface area contributed by atoms with Crippen LogP contribution in [0.4, 0.5) is 5.82 Å². The predicted molar refractivity (Wildman–Crippen MR) is 110 cm³/mol. The molecule has 0 unspecified atom stereocenters. The first kappa shape index (κ1) is 19.0. The molecule has 0 saturated carbocycles. The number of benzene rings is 1. The smallest absolute Gasteiger partial charge is 0.278 e. The number of aromatic hydroxyl groups is 1. The zero-order chi connectivity index (χ0) is 20.7. The van der Waals surface area contributed by atoms with Crippen molar-refractivity contribution in [2.45, 2.75) is 19.9 Å². The van der Waals surface area contributed by atoms with Crippen molar-refractivity contribution in [3.8, 4) is 5.75 Å². The Morgan fingerprint density at radius 2 is 1.90 bits per heavy atom. The molecule has 2 aromatic heterocycles. The molecule has 7 nitrogen and oxygen atoms in total. The number of aromatic nitrogens is 2. The van der Waals surface area contributed by atoms with Crippen molar-refractivity contribution in [2.24, 2.45) is 0 Å². The summed E-state index contributed by atoms with van der Waals surface area (Å²) in [7, 11) is 0. The van der Waals surface area contributed by atoms with E-state index in [-0.39, 0.29) is 18.4 Å². The molecule has 148 valence electrons. The minimum Gasteiger partial charge on any atom is -0.502 e. The lowest BCUT2D eigenvalue weighted by Crippen LogP contribution is -2.53. The number of pyridine rings is 2. The highest BCUT2D eigenvalue weighted by molar-refractivity contribution is 6.30. The van der Waals surface area contributed by atoms with Gasteiger partial charge in [-0.1, -0.05) is 41.9 Å². The molecule has 1 atom stereocenters. The molecule has 1 aliphatic heterocycles. The lowest BCUT2D eigenvalue weighted by molar-refractivity contribution is 0.0627. The van der Waals surface area contributed by atoms with Crippen LogP contribution >= 0.6 is 11.6 Å². The van der Waals surface area contributed by atoms with Crippen LogP contribution in [-0.2, 0) is 0 Å². The molecule has 0 fully saturated rings. The third kappa shape index (κ3) is 3.23. The Bertz CT molecular complexity index is 1150. The number of hydrogen-bond acceptors (Lipinski definition) is 5. The molecule has 3 heterocycles. The summed E-state index contributed by atoms with van der Waals surface area (Å²) in [6, 6.07) is 12.3. The number of hydrogen-bond donors (Lipinski definition) is 1. The Morgan fingerprint density at radius 1 is 1.17 bits per heavy atom. The van der Waals surface area contributed by atoms with E-state index in [1.165, 1.54) is 23.1 Å². The first-order chi connectivity index (χ1) is 13.9. The molecule has 4 rings (SSSR count). The number of nitrogens with zero attached hydrogens (tertiary/aromatic N) is 4. The van der Waals surface area contributed by atoms with Crippen molar-refractivity contribution < 1.29 is 9.90 Å². The van der Waals surface area contributed by atoms with Crippen molar-refractivity contribution in [1.29, 1.82) is 0 Å². The van der Waals surface area contributed by atoms with Crippen molar-refractivity contribution >= 4 is 23.3 Å². The average Bonchev–Trinajstić information content (AvgIpc) is 2.71. The number of rotatable bonds is 3. The van der Waals surface area contributed by atoms with E-state index in [0.717, 1.165) is 11.1 Å². The molecular formula is C21H19ClN4O3. The summed E-state index contributed by atoms with van der Waals surface area (Å²) in [5.74, 6) is -0.449. The standard InChI is InChI=1S/C21H19ClN4O3/c1-13-10-16(22)11-23-20(13)26-12-24(14(2)15-6-4-3-5-7-15)21(29)18-19(28)17(27)8-9-25(18)26/h3-11,14,28H,12H2,1-2H3/t14-/m0/s1. The maximum atomic E-state index is 13.3. The van der Waals surface area contributed by atoms with Crippen LogP contribution in [-0.4, -0.2) is 32.2 Å². The van der Waals surface area contributed by atoms with E-state index in [1.807, 2.05) is 44.2 Å². The van der Waals surface area contributed by atoms with Crippen LogP contribution < -0.4 is 10.4 Å². The summed E-state index contributed by atoms with van der Waals surface area (Å²) in [5, 5.41) is 12.6. The zero-order valence-corrected chi connectivity index (χ0v) is 16.7. The van der Waals surface area contributed by atoms with Gasteiger partial charge in [0.25, 0.3) is 5.91 Å².